The summed E-state index contributed by atoms with van der Waals surface area (Å²) in [5, 5.41) is 2.41. The van der Waals surface area contributed by atoms with Crippen molar-refractivity contribution in [3.63, 3.8) is 0 Å². The van der Waals surface area contributed by atoms with Gasteiger partial charge >= 0.3 is 0 Å². The number of halogens is 1. The van der Waals surface area contributed by atoms with E-state index in [0.29, 0.717) is 18.6 Å². The second kappa shape index (κ2) is 6.68. The molecule has 3 unspecified atom stereocenters. The van der Waals surface area contributed by atoms with Crippen LogP contribution in [0.4, 0.5) is 0 Å². The highest BCUT2D eigenvalue weighted by Gasteiger charge is 2.27. The van der Waals surface area contributed by atoms with Crippen LogP contribution < -0.4 is 11.2 Å². The Labute approximate surface area is 128 Å². The summed E-state index contributed by atoms with van der Waals surface area (Å²) in [5.74, 6) is 0. The summed E-state index contributed by atoms with van der Waals surface area (Å²) in [7, 11) is 0. The van der Waals surface area contributed by atoms with Gasteiger partial charge in [-0.15, -0.1) is 11.3 Å². The summed E-state index contributed by atoms with van der Waals surface area (Å²) in [6, 6.07) is 3.59. The van der Waals surface area contributed by atoms with E-state index in [0.717, 1.165) is 0 Å². The minimum Gasteiger partial charge on any atom is -0.329 e. The molecule has 0 radical (unpaired) electrons. The minimum absolute atomic E-state index is 0.220. The standard InChI is InChI=1S/C14H24BrN3S/c1-9-5-4-6-10(2)18(9)17-13(8-16)14-7-12(15)11(3)19-14/h7,9-10,13,17H,4-6,8,16H2,1-3H3. The van der Waals surface area contributed by atoms with Crippen molar-refractivity contribution >= 4 is 27.3 Å². The number of hydrogen-bond donors (Lipinski definition) is 2. The Bertz CT molecular complexity index is 391. The number of nitrogens with zero attached hydrogens (tertiary/aromatic N) is 1. The average Bonchev–Trinajstić information content (AvgIpc) is 2.69. The molecular formula is C14H24BrN3S. The molecule has 0 saturated carbocycles. The number of hydrazine groups is 1. The van der Waals surface area contributed by atoms with Gasteiger partial charge in [-0.05, 0) is 55.6 Å². The second-order valence-corrected chi connectivity index (χ2v) is 7.65. The fourth-order valence-electron chi connectivity index (χ4n) is 2.74. The first-order chi connectivity index (χ1) is 9.02. The zero-order chi connectivity index (χ0) is 14.0. The van der Waals surface area contributed by atoms with E-state index in [9.17, 15) is 0 Å². The summed E-state index contributed by atoms with van der Waals surface area (Å²) in [6.45, 7) is 7.36. The van der Waals surface area contributed by atoms with Gasteiger partial charge in [-0.3, -0.25) is 0 Å². The van der Waals surface area contributed by atoms with E-state index in [1.807, 2.05) is 11.3 Å². The highest BCUT2D eigenvalue weighted by atomic mass is 79.9. The highest BCUT2D eigenvalue weighted by molar-refractivity contribution is 9.10. The predicted molar refractivity (Wildman–Crippen MR) is 86.3 cm³/mol. The van der Waals surface area contributed by atoms with Gasteiger partial charge in [0.25, 0.3) is 0 Å². The van der Waals surface area contributed by atoms with Crippen LogP contribution in [0.1, 0.15) is 48.9 Å². The van der Waals surface area contributed by atoms with Crippen molar-refractivity contribution in [2.45, 2.75) is 58.2 Å². The first-order valence-corrected chi connectivity index (χ1v) is 8.64. The molecule has 0 aromatic carbocycles. The van der Waals surface area contributed by atoms with Crippen LogP contribution in [0.5, 0.6) is 0 Å². The fourth-order valence-corrected chi connectivity index (χ4v) is 4.36. The lowest BCUT2D eigenvalue weighted by Gasteiger charge is -2.41. The van der Waals surface area contributed by atoms with E-state index in [1.54, 1.807) is 0 Å². The lowest BCUT2D eigenvalue weighted by atomic mass is 9.99. The van der Waals surface area contributed by atoms with Crippen molar-refractivity contribution in [1.29, 1.82) is 0 Å². The normalized spacial score (nSPS) is 26.6. The Morgan fingerprint density at radius 1 is 1.47 bits per heavy atom. The third kappa shape index (κ3) is 3.58. The van der Waals surface area contributed by atoms with Crippen LogP contribution in [0.15, 0.2) is 10.5 Å². The second-order valence-electron chi connectivity index (χ2n) is 5.51. The van der Waals surface area contributed by atoms with Crippen LogP contribution in [0, 0.1) is 6.92 Å². The summed E-state index contributed by atoms with van der Waals surface area (Å²) in [5.41, 5.74) is 9.63. The van der Waals surface area contributed by atoms with Crippen LogP contribution in [-0.2, 0) is 0 Å². The van der Waals surface area contributed by atoms with Gasteiger partial charge in [-0.2, -0.15) is 0 Å². The zero-order valence-electron chi connectivity index (χ0n) is 11.9. The molecule has 19 heavy (non-hydrogen) atoms. The first-order valence-electron chi connectivity index (χ1n) is 7.03. The first kappa shape index (κ1) is 15.4. The molecule has 1 aliphatic rings. The topological polar surface area (TPSA) is 41.3 Å². The van der Waals surface area contributed by atoms with Crippen LogP contribution >= 0.6 is 27.3 Å². The van der Waals surface area contributed by atoms with Gasteiger partial charge in [-0.1, -0.05) is 6.42 Å². The third-order valence-electron chi connectivity index (χ3n) is 3.95. The van der Waals surface area contributed by atoms with Crippen LogP contribution in [0.2, 0.25) is 0 Å². The Morgan fingerprint density at radius 3 is 2.58 bits per heavy atom. The predicted octanol–water partition coefficient (Wildman–Crippen LogP) is 3.59. The largest absolute Gasteiger partial charge is 0.329 e. The van der Waals surface area contributed by atoms with E-state index in [1.165, 1.54) is 33.5 Å². The van der Waals surface area contributed by atoms with Gasteiger partial charge in [0.1, 0.15) is 0 Å². The van der Waals surface area contributed by atoms with Crippen molar-refractivity contribution in [1.82, 2.24) is 10.4 Å². The molecule has 3 N–H and O–H groups in total. The van der Waals surface area contributed by atoms with Gasteiger partial charge < -0.3 is 5.73 Å². The quantitative estimate of drug-likeness (QED) is 0.876. The molecule has 3 nitrogen and oxygen atoms in total. The number of nitrogens with two attached hydrogens (primary N) is 1. The highest BCUT2D eigenvalue weighted by Crippen LogP contribution is 2.31. The number of nitrogens with one attached hydrogen (secondary N) is 1. The molecule has 0 bridgehead atoms. The lowest BCUT2D eigenvalue weighted by molar-refractivity contribution is 0.0310. The maximum absolute atomic E-state index is 5.97. The summed E-state index contributed by atoms with van der Waals surface area (Å²) in [6.07, 6.45) is 3.86. The smallest absolute Gasteiger partial charge is 0.0680 e. The molecule has 0 amide bonds. The maximum Gasteiger partial charge on any atom is 0.0680 e. The number of hydrogen-bond acceptors (Lipinski definition) is 4. The van der Waals surface area contributed by atoms with E-state index in [2.05, 4.69) is 53.2 Å². The van der Waals surface area contributed by atoms with Crippen LogP contribution in [-0.4, -0.2) is 23.6 Å². The lowest BCUT2D eigenvalue weighted by Crippen LogP contribution is -2.54. The molecular weight excluding hydrogens is 322 g/mol. The van der Waals surface area contributed by atoms with E-state index >= 15 is 0 Å². The average molecular weight is 346 g/mol. The minimum atomic E-state index is 0.220. The molecule has 1 aromatic heterocycles. The van der Waals surface area contributed by atoms with Crippen molar-refractivity contribution in [3.05, 3.63) is 20.3 Å². The summed E-state index contributed by atoms with van der Waals surface area (Å²) >= 11 is 5.41. The zero-order valence-corrected chi connectivity index (χ0v) is 14.4. The van der Waals surface area contributed by atoms with Crippen molar-refractivity contribution < 1.29 is 0 Å². The Balaban J connectivity index is 2.09. The SMILES string of the molecule is Cc1sc(C(CN)NN2C(C)CCCC2C)cc1Br. The fraction of sp³-hybridized carbons (Fsp3) is 0.714. The summed E-state index contributed by atoms with van der Waals surface area (Å²) in [4.78, 5) is 2.63. The number of thiophene rings is 1. The monoisotopic (exact) mass is 345 g/mol. The molecule has 108 valence electrons. The number of piperidine rings is 1. The van der Waals surface area contributed by atoms with E-state index in [-0.39, 0.29) is 6.04 Å². The number of aryl methyl sites for hydroxylation is 1. The number of rotatable bonds is 4. The van der Waals surface area contributed by atoms with Gasteiger partial charge in [0.15, 0.2) is 0 Å². The van der Waals surface area contributed by atoms with Gasteiger partial charge in [-0.25, -0.2) is 10.4 Å². The molecule has 1 aliphatic heterocycles. The maximum atomic E-state index is 5.97. The van der Waals surface area contributed by atoms with Gasteiger partial charge in [0.05, 0.1) is 6.04 Å². The van der Waals surface area contributed by atoms with Crippen LogP contribution in [0.25, 0.3) is 0 Å². The molecule has 1 saturated heterocycles. The molecule has 1 fully saturated rings. The Morgan fingerprint density at radius 2 is 2.11 bits per heavy atom. The molecule has 0 spiro atoms. The Hall–Kier alpha value is 0.0600. The van der Waals surface area contributed by atoms with Crippen molar-refractivity contribution in [2.75, 3.05) is 6.54 Å². The van der Waals surface area contributed by atoms with E-state index in [4.69, 9.17) is 5.73 Å². The Kier molecular flexibility index (Phi) is 5.43. The third-order valence-corrected chi connectivity index (χ3v) is 6.20. The van der Waals surface area contributed by atoms with Gasteiger partial charge in [0, 0.05) is 32.9 Å². The molecule has 5 heteroatoms. The molecule has 3 atom stereocenters. The molecule has 0 aliphatic carbocycles. The van der Waals surface area contributed by atoms with Crippen LogP contribution in [0.3, 0.4) is 0 Å². The van der Waals surface area contributed by atoms with Crippen molar-refractivity contribution in [2.24, 2.45) is 5.73 Å². The molecule has 1 aromatic rings. The molecule has 2 heterocycles. The molecule has 2 rings (SSSR count). The summed E-state index contributed by atoms with van der Waals surface area (Å²) < 4.78 is 1.19. The van der Waals surface area contributed by atoms with Gasteiger partial charge in [0.2, 0.25) is 0 Å². The van der Waals surface area contributed by atoms with E-state index < -0.39 is 0 Å². The van der Waals surface area contributed by atoms with Crippen molar-refractivity contribution in [3.8, 4) is 0 Å².